The van der Waals surface area contributed by atoms with Crippen molar-refractivity contribution in [3.05, 3.63) is 58.8 Å². The fraction of sp³-hybridized carbons (Fsp3) is 0.348. The van der Waals surface area contributed by atoms with E-state index in [0.717, 1.165) is 29.0 Å². The Morgan fingerprint density at radius 2 is 2.03 bits per heavy atom. The summed E-state index contributed by atoms with van der Waals surface area (Å²) in [6.07, 6.45) is 1.86. The standard InChI is InChI=1S/C23H26N4O3S/c1-15-7-9-18(10-8-15)25-23(29)24-13-17-5-3-11-27(14-17)22(28)20-16(2)30-21(26-20)19-6-4-12-31-19/h4,6-10,12,17H,3,5,11,13-14H2,1-2H3,(H2,24,25,29). The molecule has 3 heterocycles. The van der Waals surface area contributed by atoms with Crippen LogP contribution in [0.25, 0.3) is 10.8 Å². The lowest BCUT2D eigenvalue weighted by molar-refractivity contribution is 0.0668. The van der Waals surface area contributed by atoms with Crippen LogP contribution in [0.3, 0.4) is 0 Å². The number of aromatic nitrogens is 1. The third-order valence-corrected chi connectivity index (χ3v) is 6.26. The lowest BCUT2D eigenvalue weighted by Gasteiger charge is -2.32. The highest BCUT2D eigenvalue weighted by molar-refractivity contribution is 7.13. The molecule has 2 N–H and O–H groups in total. The number of thiophene rings is 1. The maximum Gasteiger partial charge on any atom is 0.319 e. The van der Waals surface area contributed by atoms with Crippen LogP contribution in [-0.2, 0) is 0 Å². The summed E-state index contributed by atoms with van der Waals surface area (Å²) in [4.78, 5) is 32.4. The second-order valence-corrected chi connectivity index (χ2v) is 8.81. The largest absolute Gasteiger partial charge is 0.440 e. The highest BCUT2D eigenvalue weighted by atomic mass is 32.1. The van der Waals surface area contributed by atoms with Crippen molar-refractivity contribution in [1.29, 1.82) is 0 Å². The molecule has 7 nitrogen and oxygen atoms in total. The van der Waals surface area contributed by atoms with Gasteiger partial charge in [-0.3, -0.25) is 4.79 Å². The minimum absolute atomic E-state index is 0.113. The predicted octanol–water partition coefficient (Wildman–Crippen LogP) is 4.69. The quantitative estimate of drug-likeness (QED) is 0.605. The monoisotopic (exact) mass is 438 g/mol. The number of aryl methyl sites for hydroxylation is 2. The topological polar surface area (TPSA) is 87.5 Å². The zero-order valence-corrected chi connectivity index (χ0v) is 18.5. The van der Waals surface area contributed by atoms with Crippen LogP contribution in [0.4, 0.5) is 10.5 Å². The average molecular weight is 439 g/mol. The minimum atomic E-state index is -0.236. The van der Waals surface area contributed by atoms with Gasteiger partial charge in [0.2, 0.25) is 5.89 Å². The van der Waals surface area contributed by atoms with Crippen molar-refractivity contribution in [2.24, 2.45) is 5.92 Å². The van der Waals surface area contributed by atoms with Gasteiger partial charge in [0.05, 0.1) is 4.88 Å². The second-order valence-electron chi connectivity index (χ2n) is 7.86. The summed E-state index contributed by atoms with van der Waals surface area (Å²) in [5, 5.41) is 7.72. The van der Waals surface area contributed by atoms with Crippen LogP contribution in [-0.4, -0.2) is 41.5 Å². The predicted molar refractivity (Wildman–Crippen MR) is 121 cm³/mol. The number of oxazole rings is 1. The van der Waals surface area contributed by atoms with Gasteiger partial charge in [0.1, 0.15) is 5.76 Å². The highest BCUT2D eigenvalue weighted by Gasteiger charge is 2.28. The van der Waals surface area contributed by atoms with E-state index in [4.69, 9.17) is 4.42 Å². The number of carbonyl (C=O) groups is 2. The molecule has 1 aliphatic rings. The molecule has 162 valence electrons. The van der Waals surface area contributed by atoms with Gasteiger partial charge in [-0.2, -0.15) is 0 Å². The molecule has 2 aromatic heterocycles. The molecule has 1 aliphatic heterocycles. The number of anilines is 1. The van der Waals surface area contributed by atoms with Crippen LogP contribution in [0.5, 0.6) is 0 Å². The van der Waals surface area contributed by atoms with Crippen molar-refractivity contribution in [1.82, 2.24) is 15.2 Å². The number of nitrogens with one attached hydrogen (secondary N) is 2. The van der Waals surface area contributed by atoms with E-state index in [9.17, 15) is 9.59 Å². The first-order chi connectivity index (χ1) is 15.0. The Labute approximate surface area is 185 Å². The van der Waals surface area contributed by atoms with Crippen LogP contribution in [0.1, 0.15) is 34.7 Å². The number of rotatable bonds is 5. The Balaban J connectivity index is 1.32. The Kier molecular flexibility index (Phi) is 6.36. The number of benzene rings is 1. The first-order valence-corrected chi connectivity index (χ1v) is 11.3. The van der Waals surface area contributed by atoms with Gasteiger partial charge in [-0.05, 0) is 56.2 Å². The summed E-state index contributed by atoms with van der Waals surface area (Å²) in [6, 6.07) is 11.3. The first-order valence-electron chi connectivity index (χ1n) is 10.4. The third-order valence-electron chi connectivity index (χ3n) is 5.40. The smallest absolute Gasteiger partial charge is 0.319 e. The summed E-state index contributed by atoms with van der Waals surface area (Å²) >= 11 is 1.53. The lowest BCUT2D eigenvalue weighted by Crippen LogP contribution is -2.44. The van der Waals surface area contributed by atoms with Crippen molar-refractivity contribution in [2.75, 3.05) is 25.0 Å². The SMILES string of the molecule is Cc1ccc(NC(=O)NCC2CCCN(C(=O)c3nc(-c4cccs4)oc3C)C2)cc1. The van der Waals surface area contributed by atoms with Crippen LogP contribution in [0.2, 0.25) is 0 Å². The zero-order chi connectivity index (χ0) is 21.8. The Bertz CT molecular complexity index is 1040. The molecule has 0 bridgehead atoms. The van der Waals surface area contributed by atoms with E-state index in [0.29, 0.717) is 37.0 Å². The van der Waals surface area contributed by atoms with E-state index in [1.807, 2.05) is 53.6 Å². The van der Waals surface area contributed by atoms with E-state index >= 15 is 0 Å². The molecule has 4 rings (SSSR count). The van der Waals surface area contributed by atoms with Gasteiger partial charge in [-0.1, -0.05) is 23.8 Å². The Morgan fingerprint density at radius 3 is 2.77 bits per heavy atom. The maximum absolute atomic E-state index is 13.1. The third kappa shape index (κ3) is 5.14. The molecule has 1 saturated heterocycles. The zero-order valence-electron chi connectivity index (χ0n) is 17.7. The van der Waals surface area contributed by atoms with Crippen LogP contribution in [0, 0.1) is 19.8 Å². The van der Waals surface area contributed by atoms with Gasteiger partial charge >= 0.3 is 6.03 Å². The van der Waals surface area contributed by atoms with Gasteiger partial charge in [0.15, 0.2) is 5.69 Å². The van der Waals surface area contributed by atoms with Crippen molar-refractivity contribution < 1.29 is 14.0 Å². The molecule has 1 atom stereocenters. The molecule has 1 aromatic carbocycles. The van der Waals surface area contributed by atoms with E-state index in [1.54, 1.807) is 6.92 Å². The molecule has 8 heteroatoms. The van der Waals surface area contributed by atoms with Gasteiger partial charge < -0.3 is 20.0 Å². The number of carbonyl (C=O) groups excluding carboxylic acids is 2. The molecule has 1 fully saturated rings. The normalized spacial score (nSPS) is 16.2. The number of urea groups is 1. The summed E-state index contributed by atoms with van der Waals surface area (Å²) < 4.78 is 5.73. The number of nitrogens with zero attached hydrogens (tertiary/aromatic N) is 2. The summed E-state index contributed by atoms with van der Waals surface area (Å²) in [7, 11) is 0. The average Bonchev–Trinajstić information content (AvgIpc) is 3.43. The van der Waals surface area contributed by atoms with Gasteiger partial charge in [0.25, 0.3) is 5.91 Å². The number of hydrogen-bond acceptors (Lipinski definition) is 5. The van der Waals surface area contributed by atoms with E-state index in [1.165, 1.54) is 11.3 Å². The van der Waals surface area contributed by atoms with Gasteiger partial charge in [0, 0.05) is 25.3 Å². The fourth-order valence-electron chi connectivity index (χ4n) is 3.72. The lowest BCUT2D eigenvalue weighted by atomic mass is 9.97. The molecule has 3 amide bonds. The van der Waals surface area contributed by atoms with Crippen LogP contribution < -0.4 is 10.6 Å². The number of likely N-dealkylation sites (tertiary alicyclic amines) is 1. The maximum atomic E-state index is 13.1. The van der Waals surface area contributed by atoms with Crippen molar-refractivity contribution in [2.45, 2.75) is 26.7 Å². The van der Waals surface area contributed by atoms with Gasteiger partial charge in [-0.25, -0.2) is 9.78 Å². The summed E-state index contributed by atoms with van der Waals surface area (Å²) in [5.74, 6) is 1.10. The summed E-state index contributed by atoms with van der Waals surface area (Å²) in [6.45, 7) is 5.56. The van der Waals surface area contributed by atoms with E-state index in [-0.39, 0.29) is 17.9 Å². The number of amides is 3. The molecule has 1 unspecified atom stereocenters. The molecule has 31 heavy (non-hydrogen) atoms. The Morgan fingerprint density at radius 1 is 1.23 bits per heavy atom. The fourth-order valence-corrected chi connectivity index (χ4v) is 4.36. The highest BCUT2D eigenvalue weighted by Crippen LogP contribution is 2.27. The van der Waals surface area contributed by atoms with Crippen LogP contribution >= 0.6 is 11.3 Å². The van der Waals surface area contributed by atoms with Crippen LogP contribution in [0.15, 0.2) is 46.2 Å². The van der Waals surface area contributed by atoms with Gasteiger partial charge in [-0.15, -0.1) is 11.3 Å². The number of piperidine rings is 1. The van der Waals surface area contributed by atoms with E-state index in [2.05, 4.69) is 15.6 Å². The Hall–Kier alpha value is -3.13. The van der Waals surface area contributed by atoms with Crippen molar-refractivity contribution >= 4 is 29.0 Å². The second kappa shape index (κ2) is 9.34. The molecular weight excluding hydrogens is 412 g/mol. The molecule has 0 saturated carbocycles. The number of hydrogen-bond donors (Lipinski definition) is 2. The molecule has 0 spiro atoms. The first kappa shape index (κ1) is 21.1. The van der Waals surface area contributed by atoms with E-state index < -0.39 is 0 Å². The molecular formula is C23H26N4O3S. The summed E-state index contributed by atoms with van der Waals surface area (Å²) in [5.41, 5.74) is 2.27. The van der Waals surface area contributed by atoms with Crippen molar-refractivity contribution in [3.63, 3.8) is 0 Å². The molecule has 3 aromatic rings. The minimum Gasteiger partial charge on any atom is -0.440 e. The molecule has 0 radical (unpaired) electrons. The van der Waals surface area contributed by atoms with Crippen molar-refractivity contribution in [3.8, 4) is 10.8 Å². The molecule has 0 aliphatic carbocycles.